The summed E-state index contributed by atoms with van der Waals surface area (Å²) in [5, 5.41) is 0. The molecule has 106 valence electrons. The molecule has 0 spiro atoms. The Morgan fingerprint density at radius 2 is 1.61 bits per heavy atom. The van der Waals surface area contributed by atoms with E-state index < -0.39 is 0 Å². The number of rotatable bonds is 7. The highest BCUT2D eigenvalue weighted by atomic mass is 15.2. The molecule has 2 nitrogen and oxygen atoms in total. The van der Waals surface area contributed by atoms with Crippen LogP contribution in [0.2, 0.25) is 0 Å². The summed E-state index contributed by atoms with van der Waals surface area (Å²) in [6, 6.07) is 0.941. The third-order valence-corrected chi connectivity index (χ3v) is 4.85. The van der Waals surface area contributed by atoms with Gasteiger partial charge in [-0.05, 0) is 75.8 Å². The largest absolute Gasteiger partial charge is 0.330 e. The molecule has 2 aliphatic rings. The van der Waals surface area contributed by atoms with Crippen molar-refractivity contribution < 1.29 is 0 Å². The van der Waals surface area contributed by atoms with Crippen LogP contribution in [0.1, 0.15) is 58.8 Å². The highest BCUT2D eigenvalue weighted by Crippen LogP contribution is 2.33. The molecule has 0 aliphatic heterocycles. The molecule has 0 radical (unpaired) electrons. The van der Waals surface area contributed by atoms with Gasteiger partial charge >= 0.3 is 0 Å². The summed E-state index contributed by atoms with van der Waals surface area (Å²) < 4.78 is 0. The van der Waals surface area contributed by atoms with Crippen molar-refractivity contribution >= 4 is 0 Å². The van der Waals surface area contributed by atoms with Crippen molar-refractivity contribution in [1.29, 1.82) is 0 Å². The first kappa shape index (κ1) is 14.3. The van der Waals surface area contributed by atoms with Crippen LogP contribution >= 0.6 is 0 Å². The molecule has 2 N–H and O–H groups in total. The van der Waals surface area contributed by atoms with Crippen LogP contribution in [0.5, 0.6) is 0 Å². The van der Waals surface area contributed by atoms with Crippen LogP contribution in [0.25, 0.3) is 0 Å². The van der Waals surface area contributed by atoms with E-state index in [4.69, 9.17) is 5.73 Å². The van der Waals surface area contributed by atoms with E-state index in [0.29, 0.717) is 0 Å². The second-order valence-corrected chi connectivity index (χ2v) is 7.03. The molecule has 0 amide bonds. The lowest BCUT2D eigenvalue weighted by molar-refractivity contribution is 0.169. The third kappa shape index (κ3) is 4.55. The summed E-state index contributed by atoms with van der Waals surface area (Å²) in [5.74, 6) is 2.63. The highest BCUT2D eigenvalue weighted by Gasteiger charge is 2.31. The lowest BCUT2D eigenvalue weighted by Crippen LogP contribution is -2.35. The smallest absolute Gasteiger partial charge is 0.00965 e. The molecule has 2 heteroatoms. The maximum atomic E-state index is 5.78. The lowest BCUT2D eigenvalue weighted by atomic mass is 9.82. The van der Waals surface area contributed by atoms with E-state index in [0.717, 1.165) is 30.3 Å². The van der Waals surface area contributed by atoms with Gasteiger partial charge in [-0.15, -0.1) is 0 Å². The summed E-state index contributed by atoms with van der Waals surface area (Å²) in [6.07, 6.45) is 9.88. The first-order valence-electron chi connectivity index (χ1n) is 8.13. The van der Waals surface area contributed by atoms with Gasteiger partial charge in [-0.2, -0.15) is 0 Å². The quantitative estimate of drug-likeness (QED) is 0.753. The molecule has 0 aromatic carbocycles. The van der Waals surface area contributed by atoms with Crippen molar-refractivity contribution in [2.75, 3.05) is 19.6 Å². The lowest BCUT2D eigenvalue weighted by Gasteiger charge is -2.32. The zero-order valence-corrected chi connectivity index (χ0v) is 12.4. The van der Waals surface area contributed by atoms with Crippen LogP contribution in [0.4, 0.5) is 0 Å². The number of nitrogens with two attached hydrogens (primary N) is 1. The van der Waals surface area contributed by atoms with Crippen molar-refractivity contribution in [1.82, 2.24) is 4.90 Å². The second kappa shape index (κ2) is 6.91. The summed E-state index contributed by atoms with van der Waals surface area (Å²) in [7, 11) is 0. The van der Waals surface area contributed by atoms with E-state index in [1.165, 1.54) is 58.0 Å². The fourth-order valence-electron chi connectivity index (χ4n) is 3.27. The molecule has 2 saturated carbocycles. The Balaban J connectivity index is 1.71. The molecule has 18 heavy (non-hydrogen) atoms. The van der Waals surface area contributed by atoms with Gasteiger partial charge in [0.05, 0.1) is 0 Å². The third-order valence-electron chi connectivity index (χ3n) is 4.85. The first-order chi connectivity index (χ1) is 8.69. The zero-order chi connectivity index (χ0) is 13.0. The van der Waals surface area contributed by atoms with E-state index in [1.54, 1.807) is 0 Å². The molecule has 0 atom stereocenters. The molecule has 0 saturated heterocycles. The molecule has 0 aromatic rings. The van der Waals surface area contributed by atoms with Crippen molar-refractivity contribution in [3.05, 3.63) is 0 Å². The molecular weight excluding hydrogens is 220 g/mol. The van der Waals surface area contributed by atoms with Crippen molar-refractivity contribution in [2.45, 2.75) is 64.8 Å². The Morgan fingerprint density at radius 1 is 1.00 bits per heavy atom. The summed E-state index contributed by atoms with van der Waals surface area (Å²) in [6.45, 7) is 8.30. The van der Waals surface area contributed by atoms with E-state index in [-0.39, 0.29) is 0 Å². The minimum Gasteiger partial charge on any atom is -0.330 e. The maximum Gasteiger partial charge on any atom is 0.00965 e. The number of hydrogen-bond donors (Lipinski definition) is 1. The first-order valence-corrected chi connectivity index (χ1v) is 8.13. The van der Waals surface area contributed by atoms with Crippen LogP contribution in [0.15, 0.2) is 0 Å². The Hall–Kier alpha value is -0.0800. The fraction of sp³-hybridized carbons (Fsp3) is 1.00. The molecule has 0 bridgehead atoms. The average Bonchev–Trinajstić information content (AvgIpc) is 3.19. The van der Waals surface area contributed by atoms with Crippen molar-refractivity contribution in [2.24, 2.45) is 23.5 Å². The highest BCUT2D eigenvalue weighted by molar-refractivity contribution is 4.86. The van der Waals surface area contributed by atoms with E-state index in [2.05, 4.69) is 18.7 Å². The van der Waals surface area contributed by atoms with Gasteiger partial charge in [0.2, 0.25) is 0 Å². The summed E-state index contributed by atoms with van der Waals surface area (Å²) >= 11 is 0. The monoisotopic (exact) mass is 252 g/mol. The van der Waals surface area contributed by atoms with Gasteiger partial charge in [0.15, 0.2) is 0 Å². The van der Waals surface area contributed by atoms with Crippen molar-refractivity contribution in [3.63, 3.8) is 0 Å². The van der Waals surface area contributed by atoms with Crippen LogP contribution in [-0.2, 0) is 0 Å². The van der Waals surface area contributed by atoms with E-state index in [1.807, 2.05) is 0 Å². The zero-order valence-electron chi connectivity index (χ0n) is 12.4. The Bertz CT molecular complexity index is 227. The van der Waals surface area contributed by atoms with Gasteiger partial charge < -0.3 is 10.6 Å². The Kier molecular flexibility index (Phi) is 5.50. The molecule has 0 heterocycles. The average molecular weight is 252 g/mol. The maximum absolute atomic E-state index is 5.78. The van der Waals surface area contributed by atoms with Gasteiger partial charge in [0.25, 0.3) is 0 Å². The number of nitrogens with zero attached hydrogens (tertiary/aromatic N) is 1. The van der Waals surface area contributed by atoms with E-state index in [9.17, 15) is 0 Å². The molecule has 2 rings (SSSR count). The fourth-order valence-corrected chi connectivity index (χ4v) is 3.27. The normalized spacial score (nSPS) is 29.2. The molecule has 0 unspecified atom stereocenters. The Labute approximate surface area is 113 Å². The Morgan fingerprint density at radius 3 is 2.11 bits per heavy atom. The van der Waals surface area contributed by atoms with Crippen LogP contribution in [0.3, 0.4) is 0 Å². The van der Waals surface area contributed by atoms with Crippen molar-refractivity contribution in [3.8, 4) is 0 Å². The predicted molar refractivity (Wildman–Crippen MR) is 78.6 cm³/mol. The SMILES string of the molecule is CC(C)CCN(CC1CCC(CN)CC1)C1CC1. The van der Waals surface area contributed by atoms with Crippen LogP contribution in [0, 0.1) is 17.8 Å². The minimum absolute atomic E-state index is 0.825. The van der Waals surface area contributed by atoms with Gasteiger partial charge in [-0.25, -0.2) is 0 Å². The molecule has 2 fully saturated rings. The molecular formula is C16H32N2. The standard InChI is InChI=1S/C16H32N2/c1-13(2)9-10-18(16-7-8-16)12-15-5-3-14(11-17)4-6-15/h13-16H,3-12,17H2,1-2H3. The topological polar surface area (TPSA) is 29.3 Å². The summed E-state index contributed by atoms with van der Waals surface area (Å²) in [5.41, 5.74) is 5.78. The van der Waals surface area contributed by atoms with Gasteiger partial charge in [0, 0.05) is 12.6 Å². The van der Waals surface area contributed by atoms with Crippen LogP contribution in [-0.4, -0.2) is 30.6 Å². The van der Waals surface area contributed by atoms with E-state index >= 15 is 0 Å². The van der Waals surface area contributed by atoms with Gasteiger partial charge in [-0.3, -0.25) is 0 Å². The van der Waals surface area contributed by atoms with Crippen LogP contribution < -0.4 is 5.73 Å². The molecule has 0 aromatic heterocycles. The number of hydrogen-bond acceptors (Lipinski definition) is 2. The van der Waals surface area contributed by atoms with Gasteiger partial charge in [-0.1, -0.05) is 13.8 Å². The second-order valence-electron chi connectivity index (χ2n) is 7.03. The predicted octanol–water partition coefficient (Wildman–Crippen LogP) is 3.26. The molecule has 2 aliphatic carbocycles. The van der Waals surface area contributed by atoms with Gasteiger partial charge in [0.1, 0.15) is 0 Å². The minimum atomic E-state index is 0.825. The summed E-state index contributed by atoms with van der Waals surface area (Å²) in [4.78, 5) is 2.80.